The van der Waals surface area contributed by atoms with Crippen LogP contribution in [0.4, 0.5) is 5.69 Å². The summed E-state index contributed by atoms with van der Waals surface area (Å²) in [6, 6.07) is 10.5. The number of thioether (sulfide) groups is 1. The number of pyridine rings is 1. The van der Waals surface area contributed by atoms with Gasteiger partial charge in [-0.3, -0.25) is 4.79 Å². The number of nitrogens with one attached hydrogen (secondary N) is 1. The minimum absolute atomic E-state index is 0.105. The highest BCUT2D eigenvalue weighted by molar-refractivity contribution is 8.00. The number of nitriles is 1. The average Bonchev–Trinajstić information content (AvgIpc) is 2.60. The number of aryl methyl sites for hydroxylation is 2. The normalized spacial score (nSPS) is 10.1. The molecule has 1 amide bonds. The van der Waals surface area contributed by atoms with Gasteiger partial charge in [0.25, 0.3) is 0 Å². The summed E-state index contributed by atoms with van der Waals surface area (Å²) in [7, 11) is 0. The van der Waals surface area contributed by atoms with Gasteiger partial charge in [0, 0.05) is 11.4 Å². The molecule has 0 radical (unpaired) electrons. The lowest BCUT2D eigenvalue weighted by atomic mass is 10.1. The first-order valence-corrected chi connectivity index (χ1v) is 9.01. The van der Waals surface area contributed by atoms with Crippen LogP contribution in [0.15, 0.2) is 35.4 Å². The van der Waals surface area contributed by atoms with Crippen LogP contribution in [0.3, 0.4) is 0 Å². The van der Waals surface area contributed by atoms with Crippen LogP contribution in [0, 0.1) is 25.2 Å². The van der Waals surface area contributed by atoms with Gasteiger partial charge in [-0.25, -0.2) is 9.78 Å². The Hall–Kier alpha value is -2.85. The Morgan fingerprint density at radius 1 is 1.31 bits per heavy atom. The van der Waals surface area contributed by atoms with Crippen molar-refractivity contribution in [3.63, 3.8) is 0 Å². The van der Waals surface area contributed by atoms with Gasteiger partial charge in [-0.1, -0.05) is 17.8 Å². The van der Waals surface area contributed by atoms with Gasteiger partial charge in [0.15, 0.2) is 0 Å². The zero-order chi connectivity index (χ0) is 19.1. The van der Waals surface area contributed by atoms with Crippen LogP contribution in [0.5, 0.6) is 0 Å². The van der Waals surface area contributed by atoms with Crippen molar-refractivity contribution in [1.29, 1.82) is 5.26 Å². The third-order valence-electron chi connectivity index (χ3n) is 3.42. The molecule has 1 aromatic heterocycles. The van der Waals surface area contributed by atoms with E-state index in [4.69, 9.17) is 4.74 Å². The first-order chi connectivity index (χ1) is 12.4. The molecule has 6 nitrogen and oxygen atoms in total. The molecule has 0 aliphatic heterocycles. The smallest absolute Gasteiger partial charge is 0.338 e. The maximum absolute atomic E-state index is 12.2. The molecular formula is C19H19N3O3S. The molecule has 2 aromatic rings. The number of carbonyl (C=O) groups excluding carboxylic acids is 2. The summed E-state index contributed by atoms with van der Waals surface area (Å²) in [6.45, 7) is 5.71. The Labute approximate surface area is 156 Å². The summed E-state index contributed by atoms with van der Waals surface area (Å²) in [5.41, 5.74) is 3.00. The van der Waals surface area contributed by atoms with Gasteiger partial charge in [0.05, 0.1) is 23.5 Å². The third kappa shape index (κ3) is 5.07. The van der Waals surface area contributed by atoms with E-state index in [1.54, 1.807) is 31.2 Å². The van der Waals surface area contributed by atoms with Crippen LogP contribution in [-0.4, -0.2) is 29.2 Å². The Balaban J connectivity index is 2.03. The van der Waals surface area contributed by atoms with Crippen molar-refractivity contribution >= 4 is 29.3 Å². The number of aromatic nitrogens is 1. The summed E-state index contributed by atoms with van der Waals surface area (Å²) in [6.07, 6.45) is 0. The number of hydrogen-bond acceptors (Lipinski definition) is 6. The van der Waals surface area contributed by atoms with Crippen molar-refractivity contribution in [2.24, 2.45) is 0 Å². The lowest BCUT2D eigenvalue weighted by molar-refractivity contribution is -0.113. The van der Waals surface area contributed by atoms with Crippen LogP contribution >= 0.6 is 11.8 Å². The van der Waals surface area contributed by atoms with E-state index in [1.807, 2.05) is 19.9 Å². The molecule has 0 saturated heterocycles. The summed E-state index contributed by atoms with van der Waals surface area (Å²) in [4.78, 5) is 28.3. The predicted octanol–water partition coefficient (Wildman–Crippen LogP) is 3.48. The van der Waals surface area contributed by atoms with Gasteiger partial charge in [-0.2, -0.15) is 5.26 Å². The molecule has 0 aliphatic carbocycles. The third-order valence-corrected chi connectivity index (χ3v) is 4.40. The first-order valence-electron chi connectivity index (χ1n) is 8.02. The largest absolute Gasteiger partial charge is 0.462 e. The minimum Gasteiger partial charge on any atom is -0.462 e. The summed E-state index contributed by atoms with van der Waals surface area (Å²) in [5, 5.41) is 12.5. The van der Waals surface area contributed by atoms with Crippen LogP contribution < -0.4 is 5.32 Å². The molecule has 7 heteroatoms. The molecule has 26 heavy (non-hydrogen) atoms. The summed E-state index contributed by atoms with van der Waals surface area (Å²) >= 11 is 1.21. The van der Waals surface area contributed by atoms with Gasteiger partial charge >= 0.3 is 5.97 Å². The van der Waals surface area contributed by atoms with E-state index in [0.717, 1.165) is 11.3 Å². The van der Waals surface area contributed by atoms with Crippen molar-refractivity contribution in [2.45, 2.75) is 25.8 Å². The fraction of sp³-hybridized carbons (Fsp3) is 0.263. The second kappa shape index (κ2) is 9.02. The number of amides is 1. The van der Waals surface area contributed by atoms with Gasteiger partial charge in [0.2, 0.25) is 5.91 Å². The SMILES string of the molecule is CCOC(=O)c1cccc(NC(=O)CSc2nc(C)cc(C)c2C#N)c1. The van der Waals surface area contributed by atoms with Crippen molar-refractivity contribution < 1.29 is 14.3 Å². The maximum Gasteiger partial charge on any atom is 0.338 e. The number of nitrogens with zero attached hydrogens (tertiary/aromatic N) is 2. The highest BCUT2D eigenvalue weighted by Crippen LogP contribution is 2.23. The van der Waals surface area contributed by atoms with Gasteiger partial charge in [-0.05, 0) is 50.6 Å². The van der Waals surface area contributed by atoms with E-state index in [-0.39, 0.29) is 18.3 Å². The maximum atomic E-state index is 12.2. The summed E-state index contributed by atoms with van der Waals surface area (Å²) < 4.78 is 4.95. The lowest BCUT2D eigenvalue weighted by Crippen LogP contribution is -2.15. The van der Waals surface area contributed by atoms with Crippen molar-refractivity contribution in [2.75, 3.05) is 17.7 Å². The molecule has 0 bridgehead atoms. The molecule has 0 spiro atoms. The Morgan fingerprint density at radius 2 is 2.08 bits per heavy atom. The van der Waals surface area contributed by atoms with Crippen molar-refractivity contribution in [1.82, 2.24) is 4.98 Å². The average molecular weight is 369 g/mol. The second-order valence-corrected chi connectivity index (χ2v) is 6.47. The van der Waals surface area contributed by atoms with Crippen LogP contribution in [-0.2, 0) is 9.53 Å². The molecule has 0 atom stereocenters. The van der Waals surface area contributed by atoms with Gasteiger partial charge < -0.3 is 10.1 Å². The lowest BCUT2D eigenvalue weighted by Gasteiger charge is -2.09. The molecule has 1 aromatic carbocycles. The molecule has 1 N–H and O–H groups in total. The highest BCUT2D eigenvalue weighted by Gasteiger charge is 2.12. The molecule has 1 heterocycles. The van der Waals surface area contributed by atoms with E-state index in [1.165, 1.54) is 11.8 Å². The van der Waals surface area contributed by atoms with Crippen LogP contribution in [0.1, 0.15) is 34.1 Å². The van der Waals surface area contributed by atoms with Crippen molar-refractivity contribution in [3.05, 3.63) is 52.7 Å². The first kappa shape index (κ1) is 19.5. The van der Waals surface area contributed by atoms with E-state index in [2.05, 4.69) is 16.4 Å². The Bertz CT molecular complexity index is 875. The van der Waals surface area contributed by atoms with E-state index < -0.39 is 5.97 Å². The molecule has 0 aliphatic rings. The number of esters is 1. The zero-order valence-corrected chi connectivity index (χ0v) is 15.6. The highest BCUT2D eigenvalue weighted by atomic mass is 32.2. The monoisotopic (exact) mass is 369 g/mol. The minimum atomic E-state index is -0.434. The van der Waals surface area contributed by atoms with Gasteiger partial charge in [-0.15, -0.1) is 0 Å². The number of rotatable bonds is 6. The van der Waals surface area contributed by atoms with Crippen molar-refractivity contribution in [3.8, 4) is 6.07 Å². The number of benzene rings is 1. The number of carbonyl (C=O) groups is 2. The fourth-order valence-corrected chi connectivity index (χ4v) is 3.21. The Kier molecular flexibility index (Phi) is 6.75. The standard InChI is InChI=1S/C19H19N3O3S/c1-4-25-19(24)14-6-5-7-15(9-14)22-17(23)11-26-18-16(10-20)12(2)8-13(3)21-18/h5-9H,4,11H2,1-3H3,(H,22,23). The van der Waals surface area contributed by atoms with E-state index >= 15 is 0 Å². The number of hydrogen-bond donors (Lipinski definition) is 1. The molecule has 2 rings (SSSR count). The topological polar surface area (TPSA) is 92.1 Å². The van der Waals surface area contributed by atoms with Crippen LogP contribution in [0.2, 0.25) is 0 Å². The fourth-order valence-electron chi connectivity index (χ4n) is 2.31. The van der Waals surface area contributed by atoms with Crippen LogP contribution in [0.25, 0.3) is 0 Å². The molecule has 0 fully saturated rings. The summed E-state index contributed by atoms with van der Waals surface area (Å²) in [5.74, 6) is -0.578. The molecule has 0 saturated carbocycles. The predicted molar refractivity (Wildman–Crippen MR) is 100 cm³/mol. The molecule has 0 unspecified atom stereocenters. The van der Waals surface area contributed by atoms with Gasteiger partial charge in [0.1, 0.15) is 11.1 Å². The Morgan fingerprint density at radius 3 is 2.77 bits per heavy atom. The molecule has 134 valence electrons. The zero-order valence-electron chi connectivity index (χ0n) is 14.8. The number of ether oxygens (including phenoxy) is 1. The van der Waals surface area contributed by atoms with E-state index in [9.17, 15) is 14.9 Å². The quantitative estimate of drug-likeness (QED) is 0.619. The molecular weight excluding hydrogens is 350 g/mol. The second-order valence-electron chi connectivity index (χ2n) is 5.51. The van der Waals surface area contributed by atoms with E-state index in [0.29, 0.717) is 21.8 Å². The number of anilines is 1.